The van der Waals surface area contributed by atoms with E-state index < -0.39 is 16.0 Å². The lowest BCUT2D eigenvalue weighted by molar-refractivity contribution is -0.384. The largest absolute Gasteiger partial charge is 0.395 e. The lowest BCUT2D eigenvalue weighted by Gasteiger charge is -2.11. The van der Waals surface area contributed by atoms with Gasteiger partial charge in [-0.25, -0.2) is 4.98 Å². The zero-order chi connectivity index (χ0) is 16.6. The molecule has 24 heavy (non-hydrogen) atoms. The van der Waals surface area contributed by atoms with E-state index >= 15 is 0 Å². The van der Waals surface area contributed by atoms with E-state index in [-0.39, 0.29) is 48.0 Å². The molecular weight excluding hydrogens is 342 g/mol. The number of nitro groups is 1. The summed E-state index contributed by atoms with van der Waals surface area (Å²) in [5, 5.41) is 20.4. The Hall–Kier alpha value is -2.98. The fourth-order valence-corrected chi connectivity index (χ4v) is 2.37. The number of aliphatic hydroxyl groups excluding tert-OH is 1. The minimum absolute atomic E-state index is 0. The third kappa shape index (κ3) is 2.79. The summed E-state index contributed by atoms with van der Waals surface area (Å²) in [6, 6.07) is 2.58. The Morgan fingerprint density at radius 3 is 2.67 bits per heavy atom. The molecule has 0 fully saturated rings. The van der Waals surface area contributed by atoms with Crippen LogP contribution in [0.4, 0.5) is 5.69 Å². The van der Waals surface area contributed by atoms with Gasteiger partial charge in [-0.05, 0) is 6.07 Å². The fourth-order valence-electron chi connectivity index (χ4n) is 2.37. The highest BCUT2D eigenvalue weighted by molar-refractivity contribution is 5.85. The highest BCUT2D eigenvalue weighted by Crippen LogP contribution is 2.27. The van der Waals surface area contributed by atoms with Crippen LogP contribution in [0.25, 0.3) is 16.7 Å². The van der Waals surface area contributed by atoms with Crippen molar-refractivity contribution in [1.29, 1.82) is 0 Å². The van der Waals surface area contributed by atoms with Crippen molar-refractivity contribution in [2.75, 3.05) is 6.61 Å². The van der Waals surface area contributed by atoms with Gasteiger partial charge >= 0.3 is 11.1 Å². The van der Waals surface area contributed by atoms with Crippen LogP contribution in [-0.4, -0.2) is 35.7 Å². The van der Waals surface area contributed by atoms with Crippen molar-refractivity contribution in [2.24, 2.45) is 0 Å². The lowest BCUT2D eigenvalue weighted by Crippen LogP contribution is -2.37. The molecule has 0 unspecified atom stereocenters. The first-order chi connectivity index (χ1) is 11.0. The summed E-state index contributed by atoms with van der Waals surface area (Å²) >= 11 is 0. The van der Waals surface area contributed by atoms with Crippen LogP contribution >= 0.6 is 12.4 Å². The number of nitrogens with one attached hydrogen (secondary N) is 1. The number of fused-ring (bicyclic) bond motifs is 1. The van der Waals surface area contributed by atoms with Crippen LogP contribution in [0.2, 0.25) is 0 Å². The maximum atomic E-state index is 11.9. The molecule has 10 nitrogen and oxygen atoms in total. The van der Waals surface area contributed by atoms with Crippen LogP contribution < -0.4 is 11.1 Å². The number of hydrogen-bond donors (Lipinski definition) is 2. The van der Waals surface area contributed by atoms with E-state index in [0.717, 1.165) is 4.57 Å². The van der Waals surface area contributed by atoms with Gasteiger partial charge in [-0.1, -0.05) is 0 Å². The Balaban J connectivity index is 0.00000208. The molecule has 2 N–H and O–H groups in total. The van der Waals surface area contributed by atoms with E-state index in [9.17, 15) is 19.7 Å². The Morgan fingerprint density at radius 1 is 1.33 bits per heavy atom. The molecule has 2 heterocycles. The van der Waals surface area contributed by atoms with Crippen molar-refractivity contribution in [2.45, 2.75) is 6.54 Å². The Kier molecular flexibility index (Phi) is 4.81. The Morgan fingerprint density at radius 2 is 2.08 bits per heavy atom. The summed E-state index contributed by atoms with van der Waals surface area (Å²) in [6.45, 7) is -0.448. The first-order valence-corrected chi connectivity index (χ1v) is 6.57. The molecule has 0 spiro atoms. The van der Waals surface area contributed by atoms with Gasteiger partial charge in [0.25, 0.3) is 5.69 Å². The summed E-state index contributed by atoms with van der Waals surface area (Å²) in [4.78, 5) is 40.5. The molecule has 0 saturated heterocycles. The van der Waals surface area contributed by atoms with Crippen molar-refractivity contribution in [1.82, 2.24) is 19.1 Å². The second-order valence-electron chi connectivity index (χ2n) is 4.72. The van der Waals surface area contributed by atoms with Gasteiger partial charge in [0, 0.05) is 25.0 Å². The Bertz CT molecular complexity index is 1010. The number of aliphatic hydroxyl groups is 1. The summed E-state index contributed by atoms with van der Waals surface area (Å²) in [6.07, 6.45) is 4.37. The van der Waals surface area contributed by atoms with E-state index in [1.54, 1.807) is 0 Å². The molecule has 0 amide bonds. The molecule has 3 rings (SSSR count). The SMILES string of the molecule is Cl.O=c1[nH]c2cc([N+](=O)[O-])c(-n3ccnc3)cc2n(CCO)c1=O. The standard InChI is InChI=1S/C13H11N5O5.ClH/c19-4-3-17-9-6-10(16-2-1-14-7-16)11(18(22)23)5-8(9)15-12(20)13(17)21;/h1-2,5-7,19H,3-4H2,(H,15,20);1H. The number of aromatic amines is 1. The molecule has 0 aliphatic carbocycles. The number of nitrogens with zero attached hydrogens (tertiary/aromatic N) is 4. The van der Waals surface area contributed by atoms with Crippen LogP contribution in [0.3, 0.4) is 0 Å². The monoisotopic (exact) mass is 353 g/mol. The fraction of sp³-hybridized carbons (Fsp3) is 0.154. The van der Waals surface area contributed by atoms with Crippen molar-refractivity contribution in [3.05, 3.63) is 61.7 Å². The normalized spacial score (nSPS) is 10.5. The van der Waals surface area contributed by atoms with Crippen molar-refractivity contribution >= 4 is 29.1 Å². The molecule has 0 atom stereocenters. The number of imidazole rings is 1. The molecule has 0 aliphatic rings. The van der Waals surface area contributed by atoms with E-state index in [4.69, 9.17) is 5.11 Å². The Labute approximate surface area is 139 Å². The van der Waals surface area contributed by atoms with Crippen molar-refractivity contribution in [3.63, 3.8) is 0 Å². The average Bonchev–Trinajstić information content (AvgIpc) is 3.05. The molecule has 1 aromatic carbocycles. The first kappa shape index (κ1) is 17.4. The summed E-state index contributed by atoms with van der Waals surface area (Å²) < 4.78 is 2.51. The molecule has 2 aromatic heterocycles. The van der Waals surface area contributed by atoms with E-state index in [1.807, 2.05) is 0 Å². The maximum absolute atomic E-state index is 11.9. The van der Waals surface area contributed by atoms with Crippen LogP contribution in [0.15, 0.2) is 40.4 Å². The highest BCUT2D eigenvalue weighted by Gasteiger charge is 2.19. The minimum Gasteiger partial charge on any atom is -0.395 e. The number of H-pyrrole nitrogens is 1. The van der Waals surface area contributed by atoms with Crippen LogP contribution in [0, 0.1) is 10.1 Å². The second kappa shape index (κ2) is 6.64. The summed E-state index contributed by atoms with van der Waals surface area (Å²) in [7, 11) is 0. The quantitative estimate of drug-likeness (QED) is 0.390. The topological polar surface area (TPSA) is 136 Å². The number of halogens is 1. The number of nitro benzene ring substituents is 1. The number of benzene rings is 1. The van der Waals surface area contributed by atoms with Crippen LogP contribution in [0.5, 0.6) is 0 Å². The molecule has 0 aliphatic heterocycles. The van der Waals surface area contributed by atoms with Gasteiger partial charge in [0.15, 0.2) is 0 Å². The van der Waals surface area contributed by atoms with Gasteiger partial charge in [0.05, 0.1) is 28.9 Å². The zero-order valence-electron chi connectivity index (χ0n) is 12.1. The van der Waals surface area contributed by atoms with E-state index in [0.29, 0.717) is 0 Å². The van der Waals surface area contributed by atoms with Crippen LogP contribution in [-0.2, 0) is 6.54 Å². The minimum atomic E-state index is -0.907. The molecule has 0 radical (unpaired) electrons. The molecule has 11 heteroatoms. The van der Waals surface area contributed by atoms with Gasteiger partial charge in [0.1, 0.15) is 5.69 Å². The van der Waals surface area contributed by atoms with Gasteiger partial charge in [-0.2, -0.15) is 0 Å². The molecule has 3 aromatic rings. The third-order valence-electron chi connectivity index (χ3n) is 3.37. The number of rotatable bonds is 4. The van der Waals surface area contributed by atoms with Crippen molar-refractivity contribution < 1.29 is 10.0 Å². The molecular formula is C13H12ClN5O5. The van der Waals surface area contributed by atoms with Gasteiger partial charge in [-0.3, -0.25) is 24.3 Å². The second-order valence-corrected chi connectivity index (χ2v) is 4.72. The zero-order valence-corrected chi connectivity index (χ0v) is 12.9. The first-order valence-electron chi connectivity index (χ1n) is 6.57. The lowest BCUT2D eigenvalue weighted by atomic mass is 10.2. The van der Waals surface area contributed by atoms with E-state index in [1.165, 1.54) is 35.4 Å². The molecule has 0 saturated carbocycles. The number of aromatic nitrogens is 4. The predicted octanol–water partition coefficient (Wildman–Crippen LogP) is 0.198. The molecule has 126 valence electrons. The van der Waals surface area contributed by atoms with Crippen molar-refractivity contribution in [3.8, 4) is 5.69 Å². The third-order valence-corrected chi connectivity index (χ3v) is 3.37. The van der Waals surface area contributed by atoms with E-state index in [2.05, 4.69) is 9.97 Å². The van der Waals surface area contributed by atoms with Gasteiger partial charge < -0.3 is 14.7 Å². The predicted molar refractivity (Wildman–Crippen MR) is 86.9 cm³/mol. The highest BCUT2D eigenvalue weighted by atomic mass is 35.5. The summed E-state index contributed by atoms with van der Waals surface area (Å²) in [5.41, 5.74) is -1.39. The average molecular weight is 354 g/mol. The smallest absolute Gasteiger partial charge is 0.316 e. The van der Waals surface area contributed by atoms with Gasteiger partial charge in [-0.15, -0.1) is 12.4 Å². The molecule has 0 bridgehead atoms. The number of hydrogen-bond acceptors (Lipinski definition) is 6. The maximum Gasteiger partial charge on any atom is 0.316 e. The van der Waals surface area contributed by atoms with Crippen LogP contribution in [0.1, 0.15) is 0 Å². The summed E-state index contributed by atoms with van der Waals surface area (Å²) in [5.74, 6) is 0. The van der Waals surface area contributed by atoms with Gasteiger partial charge in [0.2, 0.25) is 0 Å².